The van der Waals surface area contributed by atoms with Crippen LogP contribution in [0, 0.1) is 13.8 Å². The number of rotatable bonds is 2. The van der Waals surface area contributed by atoms with Crippen molar-refractivity contribution in [2.24, 2.45) is 5.73 Å². The Kier molecular flexibility index (Phi) is 3.95. The Balaban J connectivity index is 2.46. The topological polar surface area (TPSA) is 46.3 Å². The molecule has 1 fully saturated rings. The van der Waals surface area contributed by atoms with Gasteiger partial charge >= 0.3 is 0 Å². The van der Waals surface area contributed by atoms with Crippen molar-refractivity contribution in [2.75, 3.05) is 20.1 Å². The van der Waals surface area contributed by atoms with Gasteiger partial charge in [-0.15, -0.1) is 0 Å². The Hall–Kier alpha value is -1.35. The van der Waals surface area contributed by atoms with Gasteiger partial charge in [-0.1, -0.05) is 23.8 Å². The normalized spacial score (nSPS) is 24.4. The van der Waals surface area contributed by atoms with Crippen molar-refractivity contribution in [1.82, 2.24) is 4.90 Å². The monoisotopic (exact) mass is 260 g/mol. The molecule has 104 valence electrons. The van der Waals surface area contributed by atoms with Gasteiger partial charge < -0.3 is 10.6 Å². The van der Waals surface area contributed by atoms with Gasteiger partial charge in [0.25, 0.3) is 0 Å². The molecule has 1 saturated heterocycles. The number of amides is 1. The molecule has 0 aliphatic carbocycles. The number of hydrogen-bond donors (Lipinski definition) is 1. The van der Waals surface area contributed by atoms with E-state index in [1.54, 1.807) is 0 Å². The number of aryl methyl sites for hydroxylation is 2. The van der Waals surface area contributed by atoms with Gasteiger partial charge in [-0.25, -0.2) is 0 Å². The fourth-order valence-corrected chi connectivity index (χ4v) is 3.11. The molecular weight excluding hydrogens is 236 g/mol. The lowest BCUT2D eigenvalue weighted by Crippen LogP contribution is -2.39. The lowest BCUT2D eigenvalue weighted by molar-refractivity contribution is -0.130. The lowest BCUT2D eigenvalue weighted by Gasteiger charge is -2.33. The highest BCUT2D eigenvalue weighted by Gasteiger charge is 2.37. The SMILES string of the molecule is Cc1ccc(C)c(C2(CN)CCCN(C)C(=O)C2)c1. The molecule has 2 N–H and O–H groups in total. The molecule has 1 aliphatic heterocycles. The quantitative estimate of drug-likeness (QED) is 0.885. The summed E-state index contributed by atoms with van der Waals surface area (Å²) in [4.78, 5) is 14.1. The van der Waals surface area contributed by atoms with Crippen LogP contribution in [-0.2, 0) is 10.2 Å². The number of nitrogens with zero attached hydrogens (tertiary/aromatic N) is 1. The van der Waals surface area contributed by atoms with Gasteiger partial charge in [0.05, 0.1) is 0 Å². The molecule has 1 unspecified atom stereocenters. The summed E-state index contributed by atoms with van der Waals surface area (Å²) in [5, 5.41) is 0. The minimum absolute atomic E-state index is 0.183. The van der Waals surface area contributed by atoms with E-state index in [-0.39, 0.29) is 11.3 Å². The van der Waals surface area contributed by atoms with Crippen LogP contribution in [0.5, 0.6) is 0 Å². The Labute approximate surface area is 115 Å². The third-order valence-corrected chi connectivity index (χ3v) is 4.42. The highest BCUT2D eigenvalue weighted by Crippen LogP contribution is 2.37. The van der Waals surface area contributed by atoms with E-state index >= 15 is 0 Å². The summed E-state index contributed by atoms with van der Waals surface area (Å²) in [5.74, 6) is 0.212. The maximum absolute atomic E-state index is 12.2. The minimum atomic E-state index is -0.183. The van der Waals surface area contributed by atoms with E-state index in [1.165, 1.54) is 16.7 Å². The van der Waals surface area contributed by atoms with Crippen LogP contribution in [-0.4, -0.2) is 30.9 Å². The first kappa shape index (κ1) is 14.1. The van der Waals surface area contributed by atoms with Gasteiger partial charge in [0.15, 0.2) is 0 Å². The lowest BCUT2D eigenvalue weighted by atomic mass is 9.72. The average Bonchev–Trinajstić information content (AvgIpc) is 2.53. The molecule has 19 heavy (non-hydrogen) atoms. The third kappa shape index (κ3) is 2.66. The Morgan fingerprint density at radius 3 is 2.79 bits per heavy atom. The van der Waals surface area contributed by atoms with E-state index in [1.807, 2.05) is 11.9 Å². The summed E-state index contributed by atoms with van der Waals surface area (Å²) in [6, 6.07) is 6.47. The molecule has 0 radical (unpaired) electrons. The zero-order chi connectivity index (χ0) is 14.0. The second-order valence-electron chi connectivity index (χ2n) is 5.90. The van der Waals surface area contributed by atoms with Crippen molar-refractivity contribution in [2.45, 2.75) is 38.5 Å². The second kappa shape index (κ2) is 5.33. The fraction of sp³-hybridized carbons (Fsp3) is 0.562. The first-order chi connectivity index (χ1) is 8.98. The molecule has 1 aromatic rings. The molecule has 1 atom stereocenters. The molecule has 3 heteroatoms. The Morgan fingerprint density at radius 1 is 1.37 bits per heavy atom. The van der Waals surface area contributed by atoms with E-state index in [0.29, 0.717) is 13.0 Å². The first-order valence-electron chi connectivity index (χ1n) is 7.00. The summed E-state index contributed by atoms with van der Waals surface area (Å²) >= 11 is 0. The van der Waals surface area contributed by atoms with Crippen LogP contribution in [0.25, 0.3) is 0 Å². The predicted octanol–water partition coefficient (Wildman–Crippen LogP) is 2.14. The molecule has 3 nitrogen and oxygen atoms in total. The van der Waals surface area contributed by atoms with Gasteiger partial charge in [0.2, 0.25) is 5.91 Å². The minimum Gasteiger partial charge on any atom is -0.346 e. The Morgan fingerprint density at radius 2 is 2.11 bits per heavy atom. The maximum atomic E-state index is 12.2. The molecule has 0 bridgehead atoms. The van der Waals surface area contributed by atoms with Gasteiger partial charge in [0, 0.05) is 32.0 Å². The van der Waals surface area contributed by atoms with Gasteiger partial charge in [-0.2, -0.15) is 0 Å². The highest BCUT2D eigenvalue weighted by molar-refractivity contribution is 5.78. The average molecular weight is 260 g/mol. The smallest absolute Gasteiger partial charge is 0.223 e. The zero-order valence-electron chi connectivity index (χ0n) is 12.2. The molecule has 2 rings (SSSR count). The highest BCUT2D eigenvalue weighted by atomic mass is 16.2. The molecule has 1 aliphatic rings. The summed E-state index contributed by atoms with van der Waals surface area (Å²) in [5.41, 5.74) is 9.65. The number of hydrogen-bond acceptors (Lipinski definition) is 2. The van der Waals surface area contributed by atoms with Gasteiger partial charge in [-0.3, -0.25) is 4.79 Å². The van der Waals surface area contributed by atoms with Crippen LogP contribution < -0.4 is 5.73 Å². The van der Waals surface area contributed by atoms with Crippen LogP contribution in [0.15, 0.2) is 18.2 Å². The van der Waals surface area contributed by atoms with Crippen molar-refractivity contribution in [3.8, 4) is 0 Å². The van der Waals surface area contributed by atoms with Crippen LogP contribution in [0.4, 0.5) is 0 Å². The first-order valence-corrected chi connectivity index (χ1v) is 7.00. The summed E-state index contributed by atoms with van der Waals surface area (Å²) in [6.07, 6.45) is 2.54. The summed E-state index contributed by atoms with van der Waals surface area (Å²) < 4.78 is 0. The van der Waals surface area contributed by atoms with E-state index in [4.69, 9.17) is 5.73 Å². The summed E-state index contributed by atoms with van der Waals surface area (Å²) in [7, 11) is 1.89. The molecular formula is C16H24N2O. The predicted molar refractivity (Wildman–Crippen MR) is 78.1 cm³/mol. The van der Waals surface area contributed by atoms with E-state index in [9.17, 15) is 4.79 Å². The standard InChI is InChI=1S/C16H24N2O/c1-12-5-6-13(2)14(9-12)16(11-17)7-4-8-18(3)15(19)10-16/h5-6,9H,4,7-8,10-11,17H2,1-3H3. The zero-order valence-corrected chi connectivity index (χ0v) is 12.2. The van der Waals surface area contributed by atoms with E-state index < -0.39 is 0 Å². The van der Waals surface area contributed by atoms with E-state index in [0.717, 1.165) is 19.4 Å². The van der Waals surface area contributed by atoms with Crippen LogP contribution in [0.1, 0.15) is 36.0 Å². The number of carbonyl (C=O) groups is 1. The molecule has 1 heterocycles. The van der Waals surface area contributed by atoms with Crippen molar-refractivity contribution in [1.29, 1.82) is 0 Å². The number of carbonyl (C=O) groups excluding carboxylic acids is 1. The van der Waals surface area contributed by atoms with Gasteiger partial charge in [-0.05, 0) is 37.8 Å². The third-order valence-electron chi connectivity index (χ3n) is 4.42. The molecule has 0 aromatic heterocycles. The number of likely N-dealkylation sites (tertiary alicyclic amines) is 1. The maximum Gasteiger partial charge on any atom is 0.223 e. The van der Waals surface area contributed by atoms with Crippen molar-refractivity contribution < 1.29 is 4.79 Å². The molecule has 0 spiro atoms. The van der Waals surface area contributed by atoms with Crippen LogP contribution >= 0.6 is 0 Å². The van der Waals surface area contributed by atoms with Crippen LogP contribution in [0.3, 0.4) is 0 Å². The molecule has 0 saturated carbocycles. The van der Waals surface area contributed by atoms with Crippen molar-refractivity contribution in [3.63, 3.8) is 0 Å². The molecule has 1 amide bonds. The fourth-order valence-electron chi connectivity index (χ4n) is 3.11. The summed E-state index contributed by atoms with van der Waals surface area (Å²) in [6.45, 7) is 5.59. The van der Waals surface area contributed by atoms with Gasteiger partial charge in [0.1, 0.15) is 0 Å². The Bertz CT molecular complexity index is 484. The van der Waals surface area contributed by atoms with E-state index in [2.05, 4.69) is 32.0 Å². The second-order valence-corrected chi connectivity index (χ2v) is 5.90. The van der Waals surface area contributed by atoms with Crippen molar-refractivity contribution in [3.05, 3.63) is 34.9 Å². The number of benzene rings is 1. The molecule has 1 aromatic carbocycles. The van der Waals surface area contributed by atoms with Crippen molar-refractivity contribution >= 4 is 5.91 Å². The largest absolute Gasteiger partial charge is 0.346 e. The number of nitrogens with two attached hydrogens (primary N) is 1. The van der Waals surface area contributed by atoms with Crippen LogP contribution in [0.2, 0.25) is 0 Å².